The van der Waals surface area contributed by atoms with Gasteiger partial charge in [0, 0.05) is 51.5 Å². The van der Waals surface area contributed by atoms with Crippen LogP contribution in [0.5, 0.6) is 0 Å². The van der Waals surface area contributed by atoms with Crippen LogP contribution in [-0.4, -0.2) is 13.6 Å². The minimum Gasteiger partial charge on any atom is -0.347 e. The van der Waals surface area contributed by atoms with Crippen LogP contribution in [0.3, 0.4) is 0 Å². The first kappa shape index (κ1) is 39.9. The van der Waals surface area contributed by atoms with Crippen molar-refractivity contribution in [3.05, 3.63) is 215 Å². The van der Waals surface area contributed by atoms with E-state index in [2.05, 4.69) is 201 Å². The van der Waals surface area contributed by atoms with Crippen LogP contribution < -0.4 is 10.2 Å². The summed E-state index contributed by atoms with van der Waals surface area (Å²) in [6, 6.07) is 43.7. The van der Waals surface area contributed by atoms with Crippen LogP contribution in [0.2, 0.25) is 5.02 Å². The first-order chi connectivity index (χ1) is 27.9. The second-order valence-corrected chi connectivity index (χ2v) is 16.5. The summed E-state index contributed by atoms with van der Waals surface area (Å²) in [6.07, 6.45) is 31.7. The van der Waals surface area contributed by atoms with Crippen LogP contribution in [-0.2, 0) is 23.7 Å². The number of halogens is 1. The molecule has 1 heterocycles. The molecule has 0 bridgehead atoms. The van der Waals surface area contributed by atoms with Gasteiger partial charge >= 0.3 is 0 Å². The molecule has 0 fully saturated rings. The maximum absolute atomic E-state index is 6.83. The van der Waals surface area contributed by atoms with Gasteiger partial charge in [-0.2, -0.15) is 0 Å². The second kappa shape index (κ2) is 18.7. The van der Waals surface area contributed by atoms with Gasteiger partial charge in [0.2, 0.25) is 0 Å². The quantitative estimate of drug-likeness (QED) is 0.0602. The van der Waals surface area contributed by atoms with E-state index in [1.807, 2.05) is 12.1 Å². The molecule has 0 amide bonds. The zero-order valence-electron chi connectivity index (χ0n) is 33.8. The number of hydrogen-bond acceptors (Lipinski definition) is 1. The molecule has 0 saturated carbocycles. The molecule has 0 aromatic heterocycles. The average Bonchev–Trinajstić information content (AvgIpc) is 3.45. The van der Waals surface area contributed by atoms with Crippen molar-refractivity contribution >= 4 is 33.7 Å². The Balaban J connectivity index is 1.17. The fraction of sp³-hybridized carbons (Fsp3) is 0.259. The topological polar surface area (TPSA) is 19.9 Å². The number of benzene rings is 4. The van der Waals surface area contributed by atoms with Crippen molar-refractivity contribution in [1.82, 2.24) is 0 Å². The lowest BCUT2D eigenvalue weighted by atomic mass is 9.66. The highest BCUT2D eigenvalue weighted by Gasteiger charge is 2.43. The molecule has 5 aromatic carbocycles. The van der Waals surface area contributed by atoms with Crippen molar-refractivity contribution in [3.63, 3.8) is 0 Å². The van der Waals surface area contributed by atoms with E-state index >= 15 is 0 Å². The standard InChI is InChI=1S/C54H55ClN2/c1-4-5-37-56-49-34-33-46(55)38-48(49)54(40-43-25-15-11-16-26-43,41-44-27-17-12-18-28-44)36-22-9-7-6-8-19-31-51-53(2,39-42-23-13-10-14-24-42)52-47-30-21-20-29-45(47)32-35-50(52)57(51)3/h6-17,19-25,27,29-35,38,43,56H,4-5,26,36-37,39-41H2,1-3H3/p+1/b7-6+,19-8+,22-9+,51-31+. The number of unbranched alkanes of at least 4 members (excludes halogenated alkanes) is 1. The SMILES string of the molecule is CCCC[NH2+]c1ccc(Cl)cc1C(C/C=C/C=C/C=C/C=C1/N(C)c2ccc3ccccc3c2C1(C)Cc1ccccc1)(Cc1c#cccc1)CC1C=CC=CC1. The van der Waals surface area contributed by atoms with Crippen LogP contribution in [0.4, 0.5) is 11.4 Å². The van der Waals surface area contributed by atoms with Crippen LogP contribution in [0.25, 0.3) is 10.8 Å². The van der Waals surface area contributed by atoms with Gasteiger partial charge in [-0.3, -0.25) is 0 Å². The lowest BCUT2D eigenvalue weighted by Crippen LogP contribution is -2.78. The molecule has 2 aliphatic rings. The second-order valence-electron chi connectivity index (χ2n) is 16.1. The fourth-order valence-electron chi connectivity index (χ4n) is 9.25. The van der Waals surface area contributed by atoms with Crippen LogP contribution in [0.1, 0.15) is 68.2 Å². The van der Waals surface area contributed by atoms with Crippen molar-refractivity contribution < 1.29 is 5.32 Å². The Morgan fingerprint density at radius 2 is 1.74 bits per heavy atom. The number of fused-ring (bicyclic) bond motifs is 3. The van der Waals surface area contributed by atoms with E-state index in [1.54, 1.807) is 0 Å². The Kier molecular flexibility index (Phi) is 13.1. The van der Waals surface area contributed by atoms with Crippen molar-refractivity contribution in [2.24, 2.45) is 5.92 Å². The van der Waals surface area contributed by atoms with Gasteiger partial charge in [-0.15, -0.1) is 0 Å². The number of quaternary nitrogens is 1. The van der Waals surface area contributed by atoms with Gasteiger partial charge in [0.1, 0.15) is 5.69 Å². The van der Waals surface area contributed by atoms with Crippen LogP contribution in [0, 0.1) is 18.1 Å². The Morgan fingerprint density at radius 3 is 2.54 bits per heavy atom. The van der Waals surface area contributed by atoms with Gasteiger partial charge in [0.25, 0.3) is 0 Å². The highest BCUT2D eigenvalue weighted by atomic mass is 35.5. The highest BCUT2D eigenvalue weighted by molar-refractivity contribution is 6.30. The molecular weight excluding hydrogens is 712 g/mol. The normalized spacial score (nSPS) is 19.6. The van der Waals surface area contributed by atoms with E-state index in [-0.39, 0.29) is 10.8 Å². The smallest absolute Gasteiger partial charge is 0.133 e. The Labute approximate surface area is 346 Å². The Hall–Kier alpha value is -5.33. The molecule has 2 nitrogen and oxygen atoms in total. The number of likely N-dealkylation sites (N-methyl/N-ethyl adjacent to an activating group) is 1. The summed E-state index contributed by atoms with van der Waals surface area (Å²) in [4.78, 5) is 2.39. The third-order valence-corrected chi connectivity index (χ3v) is 12.2. The number of anilines is 1. The van der Waals surface area contributed by atoms with Crippen LogP contribution in [0.15, 0.2) is 176 Å². The van der Waals surface area contributed by atoms with Crippen molar-refractivity contribution in [3.8, 4) is 0 Å². The minimum atomic E-state index is -0.187. The van der Waals surface area contributed by atoms with Gasteiger partial charge < -0.3 is 10.2 Å². The highest BCUT2D eigenvalue weighted by Crippen LogP contribution is 2.52. The van der Waals surface area contributed by atoms with E-state index in [1.165, 1.54) is 62.9 Å². The van der Waals surface area contributed by atoms with Crippen molar-refractivity contribution in [2.75, 3.05) is 18.5 Å². The molecule has 0 radical (unpaired) electrons. The summed E-state index contributed by atoms with van der Waals surface area (Å²) in [6.45, 7) is 5.73. The van der Waals surface area contributed by atoms with E-state index in [4.69, 9.17) is 11.6 Å². The van der Waals surface area contributed by atoms with E-state index in [0.717, 1.165) is 43.7 Å². The molecule has 1 aliphatic heterocycles. The number of rotatable bonds is 16. The first-order valence-corrected chi connectivity index (χ1v) is 21.1. The van der Waals surface area contributed by atoms with Gasteiger partial charge in [-0.1, -0.05) is 165 Å². The van der Waals surface area contributed by atoms with E-state index < -0.39 is 0 Å². The lowest BCUT2D eigenvalue weighted by Gasteiger charge is -2.37. The zero-order chi connectivity index (χ0) is 39.5. The molecule has 3 heteroatoms. The molecule has 7 rings (SSSR count). The molecule has 0 saturated heterocycles. The fourth-order valence-corrected chi connectivity index (χ4v) is 9.42. The van der Waals surface area contributed by atoms with Gasteiger partial charge in [-0.25, -0.2) is 0 Å². The molecule has 1 aliphatic carbocycles. The molecular formula is C54H56ClN2+. The number of nitrogens with two attached hydrogens (primary N) is 1. The maximum Gasteiger partial charge on any atom is 0.133 e. The van der Waals surface area contributed by atoms with E-state index in [0.29, 0.717) is 5.92 Å². The molecule has 2 N–H and O–H groups in total. The lowest BCUT2D eigenvalue weighted by molar-refractivity contribution is -0.572. The summed E-state index contributed by atoms with van der Waals surface area (Å²) >= 11 is 6.83. The molecule has 288 valence electrons. The number of nitrogens with zero attached hydrogens (tertiary/aromatic N) is 1. The summed E-state index contributed by atoms with van der Waals surface area (Å²) < 4.78 is 0. The predicted molar refractivity (Wildman–Crippen MR) is 243 cm³/mol. The molecule has 3 atom stereocenters. The van der Waals surface area contributed by atoms with Gasteiger partial charge in [0.15, 0.2) is 0 Å². The molecule has 3 unspecified atom stereocenters. The monoisotopic (exact) mass is 767 g/mol. The minimum absolute atomic E-state index is 0.186. The number of allylic oxidation sites excluding steroid dienone is 12. The van der Waals surface area contributed by atoms with E-state index in [9.17, 15) is 0 Å². The number of hydrogen-bond donors (Lipinski definition) is 1. The summed E-state index contributed by atoms with van der Waals surface area (Å²) in [5.41, 5.74) is 8.77. The van der Waals surface area contributed by atoms with Crippen molar-refractivity contribution in [2.45, 2.75) is 69.6 Å². The Morgan fingerprint density at radius 1 is 0.912 bits per heavy atom. The molecule has 0 spiro atoms. The third kappa shape index (κ3) is 9.29. The summed E-state index contributed by atoms with van der Waals surface area (Å²) in [5.74, 6) is 0.440. The predicted octanol–water partition coefficient (Wildman–Crippen LogP) is 12.7. The van der Waals surface area contributed by atoms with Crippen molar-refractivity contribution in [1.29, 1.82) is 0 Å². The maximum atomic E-state index is 6.83. The molecule has 5 aromatic rings. The third-order valence-electron chi connectivity index (χ3n) is 12.0. The Bertz CT molecular complexity index is 2300. The average molecular weight is 769 g/mol. The summed E-state index contributed by atoms with van der Waals surface area (Å²) in [7, 11) is 2.21. The zero-order valence-corrected chi connectivity index (χ0v) is 34.6. The molecule has 57 heavy (non-hydrogen) atoms. The van der Waals surface area contributed by atoms with Gasteiger partial charge in [0.05, 0.1) is 6.54 Å². The largest absolute Gasteiger partial charge is 0.347 e. The van der Waals surface area contributed by atoms with Gasteiger partial charge in [-0.05, 0) is 110 Å². The van der Waals surface area contributed by atoms with Crippen LogP contribution >= 0.6 is 11.6 Å². The summed E-state index contributed by atoms with van der Waals surface area (Å²) in [5, 5.41) is 5.83. The first-order valence-electron chi connectivity index (χ1n) is 20.7.